The summed E-state index contributed by atoms with van der Waals surface area (Å²) in [5.74, 6) is 6.55. The van der Waals surface area contributed by atoms with Gasteiger partial charge in [-0.2, -0.15) is 4.98 Å². The maximum absolute atomic E-state index is 6.04. The zero-order chi connectivity index (χ0) is 13.1. The highest BCUT2D eigenvalue weighted by Gasteiger charge is 2.08. The third kappa shape index (κ3) is 3.05. The summed E-state index contributed by atoms with van der Waals surface area (Å²) < 4.78 is 6.24. The molecule has 0 unspecified atom stereocenters. The number of nitrogen functional groups attached to an aromatic ring is 1. The second-order valence-corrected chi connectivity index (χ2v) is 4.97. The highest BCUT2D eigenvalue weighted by molar-refractivity contribution is 9.10. The molecule has 0 bridgehead atoms. The Morgan fingerprint density at radius 3 is 2.72 bits per heavy atom. The molecule has 0 radical (unpaired) electrons. The zero-order valence-corrected chi connectivity index (χ0v) is 12.1. The summed E-state index contributed by atoms with van der Waals surface area (Å²) >= 11 is 15.3. The van der Waals surface area contributed by atoms with Crippen molar-refractivity contribution in [2.75, 3.05) is 5.43 Å². The molecule has 94 valence electrons. The fourth-order valence-electron chi connectivity index (χ4n) is 1.25. The maximum Gasteiger partial charge on any atom is 0.221 e. The van der Waals surface area contributed by atoms with Crippen LogP contribution in [0.2, 0.25) is 10.0 Å². The van der Waals surface area contributed by atoms with E-state index in [-0.39, 0.29) is 0 Å². The van der Waals surface area contributed by atoms with Crippen molar-refractivity contribution in [3.63, 3.8) is 0 Å². The molecule has 0 amide bonds. The number of hydrogen-bond acceptors (Lipinski definition) is 4. The Balaban J connectivity index is 2.30. The van der Waals surface area contributed by atoms with Crippen molar-refractivity contribution in [3.8, 4) is 11.6 Å². The molecule has 1 aromatic heterocycles. The number of nitrogens with one attached hydrogen (secondary N) is 1. The standard InChI is InChI=1S/C11H8BrCl2N3O/c12-6-4-8(14)9(5-7(6)13)18-11-3-1-2-10(16-11)17-15/h1-5H,15H2,(H,16,17). The minimum absolute atomic E-state index is 0.366. The molecule has 4 nitrogen and oxygen atoms in total. The van der Waals surface area contributed by atoms with Crippen molar-refractivity contribution in [2.45, 2.75) is 0 Å². The SMILES string of the molecule is NNc1cccc(Oc2cc(Cl)c(Br)cc2Cl)n1. The van der Waals surface area contributed by atoms with Gasteiger partial charge in [0.1, 0.15) is 11.6 Å². The lowest BCUT2D eigenvalue weighted by atomic mass is 10.3. The summed E-state index contributed by atoms with van der Waals surface area (Å²) in [5.41, 5.74) is 2.43. The number of halogens is 3. The molecule has 0 saturated heterocycles. The van der Waals surface area contributed by atoms with E-state index in [9.17, 15) is 0 Å². The Morgan fingerprint density at radius 2 is 2.00 bits per heavy atom. The molecule has 3 N–H and O–H groups in total. The van der Waals surface area contributed by atoms with Gasteiger partial charge in [0.15, 0.2) is 0 Å². The first-order chi connectivity index (χ1) is 8.60. The Bertz CT molecular complexity index is 580. The van der Waals surface area contributed by atoms with Crippen LogP contribution in [0.3, 0.4) is 0 Å². The number of hydrogen-bond donors (Lipinski definition) is 2. The molecule has 2 rings (SSSR count). The molecule has 7 heteroatoms. The van der Waals surface area contributed by atoms with Crippen molar-refractivity contribution in [1.82, 2.24) is 4.98 Å². The second-order valence-electron chi connectivity index (χ2n) is 3.30. The Morgan fingerprint density at radius 1 is 1.22 bits per heavy atom. The fourth-order valence-corrected chi connectivity index (χ4v) is 2.08. The summed E-state index contributed by atoms with van der Waals surface area (Å²) in [7, 11) is 0. The van der Waals surface area contributed by atoms with Gasteiger partial charge < -0.3 is 10.2 Å². The van der Waals surface area contributed by atoms with Gasteiger partial charge in [0.2, 0.25) is 5.88 Å². The van der Waals surface area contributed by atoms with Crippen LogP contribution in [0.4, 0.5) is 5.82 Å². The Labute approximate surface area is 122 Å². The fraction of sp³-hybridized carbons (Fsp3) is 0. The van der Waals surface area contributed by atoms with Crippen LogP contribution < -0.4 is 16.0 Å². The van der Waals surface area contributed by atoms with Gasteiger partial charge in [-0.15, -0.1) is 0 Å². The first-order valence-electron chi connectivity index (χ1n) is 4.86. The van der Waals surface area contributed by atoms with Crippen LogP contribution in [-0.4, -0.2) is 4.98 Å². The highest BCUT2D eigenvalue weighted by Crippen LogP contribution is 2.36. The van der Waals surface area contributed by atoms with E-state index in [1.165, 1.54) is 0 Å². The van der Waals surface area contributed by atoms with Crippen LogP contribution in [0, 0.1) is 0 Å². The molecule has 1 aromatic carbocycles. The summed E-state index contributed by atoms with van der Waals surface area (Å²) in [6.45, 7) is 0. The van der Waals surface area contributed by atoms with Gasteiger partial charge in [0, 0.05) is 16.6 Å². The van der Waals surface area contributed by atoms with E-state index in [2.05, 4.69) is 26.3 Å². The van der Waals surface area contributed by atoms with Gasteiger partial charge in [-0.05, 0) is 28.1 Å². The van der Waals surface area contributed by atoms with Crippen LogP contribution in [0.25, 0.3) is 0 Å². The first-order valence-corrected chi connectivity index (χ1v) is 6.41. The van der Waals surface area contributed by atoms with Crippen molar-refractivity contribution in [3.05, 3.63) is 44.8 Å². The molecular formula is C11H8BrCl2N3O. The zero-order valence-electron chi connectivity index (χ0n) is 8.95. The maximum atomic E-state index is 6.04. The lowest BCUT2D eigenvalue weighted by molar-refractivity contribution is 0.464. The van der Waals surface area contributed by atoms with Gasteiger partial charge in [-0.25, -0.2) is 5.84 Å². The molecule has 2 aromatic rings. The highest BCUT2D eigenvalue weighted by atomic mass is 79.9. The number of benzene rings is 1. The first kappa shape index (κ1) is 13.4. The number of hydrazine groups is 1. The lowest BCUT2D eigenvalue weighted by Crippen LogP contribution is -2.08. The number of pyridine rings is 1. The molecule has 0 aliphatic heterocycles. The van der Waals surface area contributed by atoms with E-state index in [1.807, 2.05) is 0 Å². The quantitative estimate of drug-likeness (QED) is 0.495. The smallest absolute Gasteiger partial charge is 0.221 e. The monoisotopic (exact) mass is 347 g/mol. The Kier molecular flexibility index (Phi) is 4.29. The number of nitrogens with two attached hydrogens (primary N) is 1. The predicted molar refractivity (Wildman–Crippen MR) is 76.3 cm³/mol. The van der Waals surface area contributed by atoms with Gasteiger partial charge in [0.05, 0.1) is 10.0 Å². The number of anilines is 1. The minimum Gasteiger partial charge on any atom is -0.437 e. The molecule has 0 aliphatic rings. The van der Waals surface area contributed by atoms with E-state index < -0.39 is 0 Å². The van der Waals surface area contributed by atoms with E-state index in [1.54, 1.807) is 30.3 Å². The van der Waals surface area contributed by atoms with Gasteiger partial charge in [-0.1, -0.05) is 29.3 Å². The van der Waals surface area contributed by atoms with Crippen LogP contribution in [-0.2, 0) is 0 Å². The van der Waals surface area contributed by atoms with E-state index >= 15 is 0 Å². The average Bonchev–Trinajstić information content (AvgIpc) is 2.36. The third-order valence-electron chi connectivity index (χ3n) is 2.06. The third-order valence-corrected chi connectivity index (χ3v) is 3.55. The molecule has 1 heterocycles. The number of ether oxygens (including phenoxy) is 1. The number of rotatable bonds is 3. The van der Waals surface area contributed by atoms with Crippen molar-refractivity contribution in [2.24, 2.45) is 5.84 Å². The normalized spacial score (nSPS) is 10.2. The van der Waals surface area contributed by atoms with Gasteiger partial charge in [-0.3, -0.25) is 0 Å². The molecule has 0 atom stereocenters. The summed E-state index contributed by atoms with van der Waals surface area (Å²) in [6, 6.07) is 8.42. The van der Waals surface area contributed by atoms with Crippen molar-refractivity contribution >= 4 is 44.9 Å². The minimum atomic E-state index is 0.366. The molecular weight excluding hydrogens is 341 g/mol. The number of nitrogens with zero attached hydrogens (tertiary/aromatic N) is 1. The van der Waals surface area contributed by atoms with Crippen molar-refractivity contribution < 1.29 is 4.74 Å². The molecule has 0 saturated carbocycles. The summed E-state index contributed by atoms with van der Waals surface area (Å²) in [6.07, 6.45) is 0. The summed E-state index contributed by atoms with van der Waals surface area (Å²) in [4.78, 5) is 4.11. The lowest BCUT2D eigenvalue weighted by Gasteiger charge is -2.09. The van der Waals surface area contributed by atoms with Gasteiger partial charge >= 0.3 is 0 Å². The van der Waals surface area contributed by atoms with Crippen LogP contribution >= 0.6 is 39.1 Å². The second kappa shape index (κ2) is 5.75. The van der Waals surface area contributed by atoms with E-state index in [4.69, 9.17) is 33.8 Å². The molecule has 0 spiro atoms. The van der Waals surface area contributed by atoms with Crippen LogP contribution in [0.5, 0.6) is 11.6 Å². The van der Waals surface area contributed by atoms with Crippen LogP contribution in [0.1, 0.15) is 0 Å². The Hall–Kier alpha value is -1.01. The summed E-state index contributed by atoms with van der Waals surface area (Å²) in [5, 5.41) is 0.932. The number of aromatic nitrogens is 1. The predicted octanol–water partition coefficient (Wildman–Crippen LogP) is 4.23. The van der Waals surface area contributed by atoms with Crippen LogP contribution in [0.15, 0.2) is 34.8 Å². The topological polar surface area (TPSA) is 60.2 Å². The van der Waals surface area contributed by atoms with E-state index in [0.717, 1.165) is 0 Å². The van der Waals surface area contributed by atoms with Crippen molar-refractivity contribution in [1.29, 1.82) is 0 Å². The largest absolute Gasteiger partial charge is 0.437 e. The molecule has 0 fully saturated rings. The average molecular weight is 349 g/mol. The molecule has 18 heavy (non-hydrogen) atoms. The van der Waals surface area contributed by atoms with E-state index in [0.29, 0.717) is 32.0 Å². The molecule has 0 aliphatic carbocycles. The van der Waals surface area contributed by atoms with Gasteiger partial charge in [0.25, 0.3) is 0 Å².